The topological polar surface area (TPSA) is 64.4 Å². The zero-order valence-corrected chi connectivity index (χ0v) is 19.1. The number of amides is 1. The number of carbonyl (C=O) groups is 2. The Labute approximate surface area is 198 Å². The summed E-state index contributed by atoms with van der Waals surface area (Å²) in [4.78, 5) is 27.9. The van der Waals surface area contributed by atoms with E-state index in [1.807, 2.05) is 92.7 Å². The van der Waals surface area contributed by atoms with Crippen LogP contribution in [-0.4, -0.2) is 34.3 Å². The number of carbonyl (C=O) groups excluding carboxylic acids is 2. The molecule has 0 saturated heterocycles. The molecular formula is C28H25N3O3. The van der Waals surface area contributed by atoms with Crippen molar-refractivity contribution in [3.63, 3.8) is 0 Å². The summed E-state index contributed by atoms with van der Waals surface area (Å²) in [5.74, 6) is -0.815. The van der Waals surface area contributed by atoms with Crippen LogP contribution in [0, 0.1) is 6.92 Å². The molecule has 0 radical (unpaired) electrons. The largest absolute Gasteiger partial charge is 0.452 e. The van der Waals surface area contributed by atoms with Crippen molar-refractivity contribution in [2.75, 3.05) is 11.5 Å². The minimum atomic E-state index is -0.578. The number of esters is 1. The molecule has 0 bridgehead atoms. The summed E-state index contributed by atoms with van der Waals surface area (Å²) in [6.45, 7) is 3.67. The quantitative estimate of drug-likeness (QED) is 0.402. The van der Waals surface area contributed by atoms with Crippen LogP contribution in [0.15, 0.2) is 85.1 Å². The Morgan fingerprint density at radius 1 is 0.971 bits per heavy atom. The number of ether oxygens (including phenoxy) is 1. The first-order chi connectivity index (χ1) is 16.5. The molecule has 1 aliphatic heterocycles. The Morgan fingerprint density at radius 2 is 1.68 bits per heavy atom. The van der Waals surface area contributed by atoms with Crippen LogP contribution < -0.4 is 4.90 Å². The number of fused-ring (bicyclic) bond motifs is 1. The number of nitrogens with zero attached hydrogens (tertiary/aromatic N) is 3. The van der Waals surface area contributed by atoms with Crippen LogP contribution in [0.2, 0.25) is 0 Å². The van der Waals surface area contributed by atoms with Crippen molar-refractivity contribution < 1.29 is 14.3 Å². The Hall–Kier alpha value is -4.19. The lowest BCUT2D eigenvalue weighted by atomic mass is 10.1. The van der Waals surface area contributed by atoms with Crippen LogP contribution in [0.25, 0.3) is 16.9 Å². The molecule has 2 heterocycles. The number of anilines is 1. The van der Waals surface area contributed by atoms with Gasteiger partial charge in [-0.25, -0.2) is 9.48 Å². The van der Waals surface area contributed by atoms with Crippen molar-refractivity contribution in [2.24, 2.45) is 0 Å². The number of hydrogen-bond acceptors (Lipinski definition) is 4. The number of rotatable bonds is 5. The second-order valence-electron chi connectivity index (χ2n) is 8.56. The number of benzene rings is 3. The molecule has 0 aliphatic carbocycles. The fraction of sp³-hybridized carbons (Fsp3) is 0.179. The van der Waals surface area contributed by atoms with E-state index in [4.69, 9.17) is 4.74 Å². The molecule has 0 fully saturated rings. The summed E-state index contributed by atoms with van der Waals surface area (Å²) in [5, 5.41) is 4.67. The highest BCUT2D eigenvalue weighted by atomic mass is 16.5. The molecule has 1 amide bonds. The van der Waals surface area contributed by atoms with Gasteiger partial charge in [0, 0.05) is 23.5 Å². The van der Waals surface area contributed by atoms with Gasteiger partial charge in [0.25, 0.3) is 5.91 Å². The summed E-state index contributed by atoms with van der Waals surface area (Å²) < 4.78 is 7.18. The lowest BCUT2D eigenvalue weighted by Gasteiger charge is -2.22. The van der Waals surface area contributed by atoms with Gasteiger partial charge in [0.05, 0.1) is 5.69 Å². The van der Waals surface area contributed by atoms with Crippen molar-refractivity contribution in [1.82, 2.24) is 9.78 Å². The molecule has 1 atom stereocenters. The number of hydrogen-bond donors (Lipinski definition) is 0. The standard InChI is InChI=1S/C28H25N3O3/c1-19-12-14-21(15-13-19)27-24(17-30(29-27)23-9-4-3-5-10-23)28(33)34-18-26(32)31-20(2)16-22-8-6-7-11-25(22)31/h3-15,17,20H,16,18H2,1-2H3. The summed E-state index contributed by atoms with van der Waals surface area (Å²) in [6.07, 6.45) is 2.45. The van der Waals surface area contributed by atoms with Gasteiger partial charge in [-0.2, -0.15) is 5.10 Å². The average molecular weight is 452 g/mol. The van der Waals surface area contributed by atoms with Crippen molar-refractivity contribution in [3.05, 3.63) is 102 Å². The zero-order valence-electron chi connectivity index (χ0n) is 19.1. The molecule has 1 aromatic heterocycles. The number of aromatic nitrogens is 2. The van der Waals surface area contributed by atoms with E-state index < -0.39 is 5.97 Å². The molecule has 6 heteroatoms. The van der Waals surface area contributed by atoms with Gasteiger partial charge in [0.15, 0.2) is 6.61 Å². The fourth-order valence-corrected chi connectivity index (χ4v) is 4.38. The normalized spacial score (nSPS) is 14.6. The van der Waals surface area contributed by atoms with E-state index in [9.17, 15) is 9.59 Å². The summed E-state index contributed by atoms with van der Waals surface area (Å²) in [6, 6.07) is 25.2. The lowest BCUT2D eigenvalue weighted by Crippen LogP contribution is -2.38. The van der Waals surface area contributed by atoms with Gasteiger partial charge >= 0.3 is 5.97 Å². The lowest BCUT2D eigenvalue weighted by molar-refractivity contribution is -0.122. The molecular weight excluding hydrogens is 426 g/mol. The summed E-state index contributed by atoms with van der Waals surface area (Å²) in [5.41, 5.74) is 5.58. The van der Waals surface area contributed by atoms with Crippen LogP contribution in [0.1, 0.15) is 28.4 Å². The molecule has 6 nitrogen and oxygen atoms in total. The van der Waals surface area contributed by atoms with Crippen LogP contribution in [0.3, 0.4) is 0 Å². The third-order valence-corrected chi connectivity index (χ3v) is 6.08. The maximum atomic E-state index is 13.2. The predicted octanol–water partition coefficient (Wildman–Crippen LogP) is 4.98. The van der Waals surface area contributed by atoms with E-state index in [1.54, 1.807) is 15.8 Å². The molecule has 3 aromatic carbocycles. The second kappa shape index (κ2) is 8.98. The van der Waals surface area contributed by atoms with E-state index in [-0.39, 0.29) is 18.6 Å². The van der Waals surface area contributed by atoms with Gasteiger partial charge in [-0.05, 0) is 44.0 Å². The van der Waals surface area contributed by atoms with Gasteiger partial charge in [0.1, 0.15) is 11.3 Å². The highest BCUT2D eigenvalue weighted by molar-refractivity contribution is 6.00. The monoisotopic (exact) mass is 451 g/mol. The van der Waals surface area contributed by atoms with Crippen LogP contribution in [0.5, 0.6) is 0 Å². The molecule has 5 rings (SSSR count). The molecule has 1 unspecified atom stereocenters. The molecule has 34 heavy (non-hydrogen) atoms. The molecule has 0 spiro atoms. The number of aryl methyl sites for hydroxylation is 1. The van der Waals surface area contributed by atoms with Crippen molar-refractivity contribution in [2.45, 2.75) is 26.3 Å². The Bertz CT molecular complexity index is 1340. The first-order valence-electron chi connectivity index (χ1n) is 11.3. The molecule has 170 valence electrons. The van der Waals surface area contributed by atoms with E-state index in [0.717, 1.165) is 34.5 Å². The zero-order chi connectivity index (χ0) is 23.7. The van der Waals surface area contributed by atoms with Crippen LogP contribution in [0.4, 0.5) is 5.69 Å². The minimum absolute atomic E-state index is 0.0209. The van der Waals surface area contributed by atoms with Gasteiger partial charge in [-0.3, -0.25) is 4.79 Å². The van der Waals surface area contributed by atoms with Gasteiger partial charge < -0.3 is 9.64 Å². The van der Waals surface area contributed by atoms with Crippen molar-refractivity contribution in [3.8, 4) is 16.9 Å². The second-order valence-corrected chi connectivity index (χ2v) is 8.56. The fourth-order valence-electron chi connectivity index (χ4n) is 4.38. The van der Waals surface area contributed by atoms with Crippen molar-refractivity contribution in [1.29, 1.82) is 0 Å². The number of para-hydroxylation sites is 2. The maximum absolute atomic E-state index is 13.2. The average Bonchev–Trinajstić information content (AvgIpc) is 3.44. The molecule has 1 aliphatic rings. The molecule has 0 N–H and O–H groups in total. The Kier molecular flexibility index (Phi) is 5.72. The summed E-state index contributed by atoms with van der Waals surface area (Å²) in [7, 11) is 0. The van der Waals surface area contributed by atoms with Crippen LogP contribution >= 0.6 is 0 Å². The van der Waals surface area contributed by atoms with E-state index >= 15 is 0 Å². The van der Waals surface area contributed by atoms with E-state index in [1.165, 1.54) is 0 Å². The van der Waals surface area contributed by atoms with E-state index in [0.29, 0.717) is 11.3 Å². The van der Waals surface area contributed by atoms with Gasteiger partial charge in [-0.15, -0.1) is 0 Å². The predicted molar refractivity (Wildman–Crippen MR) is 131 cm³/mol. The molecule has 0 saturated carbocycles. The van der Waals surface area contributed by atoms with Crippen molar-refractivity contribution >= 4 is 17.6 Å². The minimum Gasteiger partial charge on any atom is -0.452 e. The first-order valence-corrected chi connectivity index (χ1v) is 11.3. The third-order valence-electron chi connectivity index (χ3n) is 6.08. The smallest absolute Gasteiger partial charge is 0.342 e. The van der Waals surface area contributed by atoms with Crippen LogP contribution in [-0.2, 0) is 16.0 Å². The first kappa shape index (κ1) is 21.6. The van der Waals surface area contributed by atoms with Gasteiger partial charge in [-0.1, -0.05) is 66.2 Å². The highest BCUT2D eigenvalue weighted by Gasteiger charge is 2.31. The van der Waals surface area contributed by atoms with Gasteiger partial charge in [0.2, 0.25) is 0 Å². The third kappa shape index (κ3) is 4.10. The summed E-state index contributed by atoms with van der Waals surface area (Å²) >= 11 is 0. The molecule has 4 aromatic rings. The Morgan fingerprint density at radius 3 is 2.44 bits per heavy atom. The highest BCUT2D eigenvalue weighted by Crippen LogP contribution is 2.32. The maximum Gasteiger partial charge on any atom is 0.342 e. The van der Waals surface area contributed by atoms with E-state index in [2.05, 4.69) is 5.10 Å². The SMILES string of the molecule is Cc1ccc(-c2nn(-c3ccccc3)cc2C(=O)OCC(=O)N2c3ccccc3CC2C)cc1. The Balaban J connectivity index is 1.40.